The quantitative estimate of drug-likeness (QED) is 0.679. The molecule has 0 radical (unpaired) electrons. The Labute approximate surface area is 163 Å². The van der Waals surface area contributed by atoms with Gasteiger partial charge in [0, 0.05) is 24.8 Å². The first kappa shape index (κ1) is 22.5. The minimum absolute atomic E-state index is 0. The zero-order chi connectivity index (χ0) is 18.2. The molecule has 6 nitrogen and oxygen atoms in total. The van der Waals surface area contributed by atoms with E-state index in [2.05, 4.69) is 10.6 Å². The molecular weight excluding hydrogens is 379 g/mol. The van der Waals surface area contributed by atoms with Crippen LogP contribution in [0.3, 0.4) is 0 Å². The van der Waals surface area contributed by atoms with Crippen LogP contribution in [-0.2, 0) is 4.79 Å². The highest BCUT2D eigenvalue weighted by atomic mass is 35.5. The molecule has 3 amide bonds. The van der Waals surface area contributed by atoms with E-state index >= 15 is 0 Å². The molecule has 4 N–H and O–H groups in total. The Balaban J connectivity index is 0.00000338. The van der Waals surface area contributed by atoms with Gasteiger partial charge in [-0.15, -0.1) is 12.4 Å². The van der Waals surface area contributed by atoms with Crippen molar-refractivity contribution in [2.24, 2.45) is 5.73 Å². The van der Waals surface area contributed by atoms with Crippen molar-refractivity contribution in [3.63, 3.8) is 0 Å². The fourth-order valence-corrected chi connectivity index (χ4v) is 3.22. The zero-order valence-corrected chi connectivity index (χ0v) is 16.4. The summed E-state index contributed by atoms with van der Waals surface area (Å²) in [5.74, 6) is 0.510. The van der Waals surface area contributed by atoms with Crippen LogP contribution in [0.15, 0.2) is 24.3 Å². The van der Waals surface area contributed by atoms with E-state index < -0.39 is 6.04 Å². The van der Waals surface area contributed by atoms with E-state index in [0.29, 0.717) is 38.0 Å². The lowest BCUT2D eigenvalue weighted by Gasteiger charge is -2.33. The van der Waals surface area contributed by atoms with Gasteiger partial charge in [0.05, 0.1) is 6.04 Å². The number of carbonyl (C=O) groups excluding carboxylic acids is 2. The number of piperidine rings is 1. The summed E-state index contributed by atoms with van der Waals surface area (Å²) in [7, 11) is 0. The van der Waals surface area contributed by atoms with Gasteiger partial charge in [-0.3, -0.25) is 4.79 Å². The number of hydrogen-bond acceptors (Lipinski definition) is 4. The molecule has 1 aromatic carbocycles. The number of nitrogens with zero attached hydrogens (tertiary/aromatic N) is 1. The van der Waals surface area contributed by atoms with Gasteiger partial charge >= 0.3 is 6.03 Å². The summed E-state index contributed by atoms with van der Waals surface area (Å²) in [6.45, 7) is 1.18. The van der Waals surface area contributed by atoms with Crippen LogP contribution in [0.5, 0.6) is 0 Å². The summed E-state index contributed by atoms with van der Waals surface area (Å²) in [6.07, 6.45) is 4.05. The van der Waals surface area contributed by atoms with Crippen molar-refractivity contribution < 1.29 is 14.0 Å². The molecule has 1 aliphatic rings. The summed E-state index contributed by atoms with van der Waals surface area (Å²) < 4.78 is 12.9. The average molecular weight is 405 g/mol. The van der Waals surface area contributed by atoms with Gasteiger partial charge in [-0.05, 0) is 55.5 Å². The van der Waals surface area contributed by atoms with Crippen LogP contribution in [0.4, 0.5) is 14.9 Å². The third kappa shape index (κ3) is 7.01. The molecule has 1 saturated heterocycles. The van der Waals surface area contributed by atoms with E-state index in [-0.39, 0.29) is 36.2 Å². The van der Waals surface area contributed by atoms with Crippen molar-refractivity contribution in [2.75, 3.05) is 30.4 Å². The Hall–Kier alpha value is -1.51. The fourth-order valence-electron chi connectivity index (χ4n) is 2.73. The topological polar surface area (TPSA) is 87.5 Å². The predicted molar refractivity (Wildman–Crippen MR) is 106 cm³/mol. The molecule has 0 aromatic heterocycles. The molecule has 1 aliphatic heterocycles. The van der Waals surface area contributed by atoms with Gasteiger partial charge in [-0.2, -0.15) is 11.8 Å². The zero-order valence-electron chi connectivity index (χ0n) is 14.7. The molecule has 1 aromatic rings. The van der Waals surface area contributed by atoms with Crippen molar-refractivity contribution in [1.29, 1.82) is 0 Å². The fraction of sp³-hybridized carbons (Fsp3) is 0.529. The Morgan fingerprint density at radius 3 is 2.50 bits per heavy atom. The van der Waals surface area contributed by atoms with Crippen molar-refractivity contribution in [3.8, 4) is 0 Å². The second-order valence-corrected chi connectivity index (χ2v) is 7.08. The van der Waals surface area contributed by atoms with Crippen molar-refractivity contribution >= 4 is 41.8 Å². The van der Waals surface area contributed by atoms with Crippen molar-refractivity contribution in [3.05, 3.63) is 30.1 Å². The lowest BCUT2D eigenvalue weighted by molar-refractivity contribution is -0.133. The number of hydrogen-bond donors (Lipinski definition) is 3. The number of anilines is 1. The SMILES string of the molecule is CSCC[C@H](N)C(=O)N1CCC(NC(=O)Nc2ccc(F)cc2)CC1.Cl. The van der Waals surface area contributed by atoms with Gasteiger partial charge in [0.25, 0.3) is 0 Å². The van der Waals surface area contributed by atoms with Gasteiger partial charge in [0.2, 0.25) is 5.91 Å². The van der Waals surface area contributed by atoms with Crippen LogP contribution in [0.1, 0.15) is 19.3 Å². The van der Waals surface area contributed by atoms with Crippen LogP contribution in [0.25, 0.3) is 0 Å². The molecule has 146 valence electrons. The minimum atomic E-state index is -0.446. The second-order valence-electron chi connectivity index (χ2n) is 6.09. The van der Waals surface area contributed by atoms with E-state index in [1.54, 1.807) is 16.7 Å². The largest absolute Gasteiger partial charge is 0.341 e. The maximum Gasteiger partial charge on any atom is 0.319 e. The summed E-state index contributed by atoms with van der Waals surface area (Å²) in [6, 6.07) is 4.83. The standard InChI is InChI=1S/C17H25FN4O2S.ClH/c1-25-11-8-15(19)16(23)22-9-6-14(7-10-22)21-17(24)20-13-4-2-12(18)3-5-13;/h2-5,14-15H,6-11,19H2,1H3,(H2,20,21,24);1H/t15-;/m0./s1. The highest BCUT2D eigenvalue weighted by molar-refractivity contribution is 7.98. The maximum atomic E-state index is 12.9. The molecule has 1 atom stereocenters. The van der Waals surface area contributed by atoms with Gasteiger partial charge < -0.3 is 21.3 Å². The summed E-state index contributed by atoms with van der Waals surface area (Å²) in [5.41, 5.74) is 6.47. The molecule has 1 fully saturated rings. The van der Waals surface area contributed by atoms with Gasteiger partial charge in [0.15, 0.2) is 0 Å². The molecule has 26 heavy (non-hydrogen) atoms. The third-order valence-electron chi connectivity index (χ3n) is 4.19. The number of halogens is 2. The number of nitrogens with two attached hydrogens (primary N) is 1. The third-order valence-corrected chi connectivity index (χ3v) is 4.84. The predicted octanol–water partition coefficient (Wildman–Crippen LogP) is 2.44. The Morgan fingerprint density at radius 1 is 1.31 bits per heavy atom. The van der Waals surface area contributed by atoms with Crippen LogP contribution in [0, 0.1) is 5.82 Å². The van der Waals surface area contributed by atoms with E-state index in [1.165, 1.54) is 24.3 Å². The van der Waals surface area contributed by atoms with Crippen molar-refractivity contribution in [2.45, 2.75) is 31.3 Å². The molecule has 2 rings (SSSR count). The maximum absolute atomic E-state index is 12.9. The minimum Gasteiger partial charge on any atom is -0.341 e. The molecular formula is C17H26ClFN4O2S. The molecule has 0 aliphatic carbocycles. The van der Waals surface area contributed by atoms with Crippen LogP contribution in [0.2, 0.25) is 0 Å². The van der Waals surface area contributed by atoms with Crippen LogP contribution < -0.4 is 16.4 Å². The van der Waals surface area contributed by atoms with E-state index in [0.717, 1.165) is 5.75 Å². The molecule has 0 unspecified atom stereocenters. The summed E-state index contributed by atoms with van der Waals surface area (Å²) in [5, 5.41) is 5.56. The number of likely N-dealkylation sites (tertiary alicyclic amines) is 1. The monoisotopic (exact) mass is 404 g/mol. The van der Waals surface area contributed by atoms with Crippen molar-refractivity contribution in [1.82, 2.24) is 10.2 Å². The molecule has 0 bridgehead atoms. The number of urea groups is 1. The average Bonchev–Trinajstić information content (AvgIpc) is 2.61. The first-order chi connectivity index (χ1) is 12.0. The van der Waals surface area contributed by atoms with E-state index in [9.17, 15) is 14.0 Å². The molecule has 1 heterocycles. The second kappa shape index (κ2) is 11.3. The molecule has 0 saturated carbocycles. The molecule has 0 spiro atoms. The highest BCUT2D eigenvalue weighted by Crippen LogP contribution is 2.13. The number of thioether (sulfide) groups is 1. The number of benzene rings is 1. The van der Waals surface area contributed by atoms with Gasteiger partial charge in [-0.1, -0.05) is 0 Å². The first-order valence-corrected chi connectivity index (χ1v) is 9.75. The smallest absolute Gasteiger partial charge is 0.319 e. The summed E-state index contributed by atoms with van der Waals surface area (Å²) in [4.78, 5) is 26.0. The Kier molecular flexibility index (Phi) is 9.75. The number of carbonyl (C=O) groups is 2. The number of amides is 3. The van der Waals surface area contributed by atoms with Crippen LogP contribution >= 0.6 is 24.2 Å². The van der Waals surface area contributed by atoms with Gasteiger partial charge in [0.1, 0.15) is 5.82 Å². The lowest BCUT2D eigenvalue weighted by atomic mass is 10.0. The number of nitrogens with one attached hydrogen (secondary N) is 2. The van der Waals surface area contributed by atoms with Crippen LogP contribution in [-0.4, -0.2) is 54.0 Å². The Bertz CT molecular complexity index is 583. The Morgan fingerprint density at radius 2 is 1.92 bits per heavy atom. The normalized spacial score (nSPS) is 15.7. The summed E-state index contributed by atoms with van der Waals surface area (Å²) >= 11 is 1.68. The lowest BCUT2D eigenvalue weighted by Crippen LogP contribution is -2.51. The molecule has 9 heteroatoms. The first-order valence-electron chi connectivity index (χ1n) is 8.36. The van der Waals surface area contributed by atoms with E-state index in [1.807, 2.05) is 6.26 Å². The van der Waals surface area contributed by atoms with Gasteiger partial charge in [-0.25, -0.2) is 9.18 Å². The highest BCUT2D eigenvalue weighted by Gasteiger charge is 2.26. The number of rotatable bonds is 6. The van der Waals surface area contributed by atoms with E-state index in [4.69, 9.17) is 5.73 Å².